The number of ether oxygens (including phenoxy) is 1. The Morgan fingerprint density at radius 2 is 1.44 bits per heavy atom. The van der Waals surface area contributed by atoms with Gasteiger partial charge in [0.05, 0.1) is 16.4 Å². The first-order valence-corrected chi connectivity index (χ1v) is 7.01. The van der Waals surface area contributed by atoms with Crippen LogP contribution in [0.2, 0.25) is 0 Å². The average Bonchev–Trinajstić information content (AvgIpc) is 2.41. The summed E-state index contributed by atoms with van der Waals surface area (Å²) in [5.41, 5.74) is 0.949. The van der Waals surface area contributed by atoms with Crippen LogP contribution in [0, 0.1) is 0 Å². The standard InChI is InChI=1S/C14H14O3S/c1-17-11-12-7-9-14(10-8-12)18(15,16)13-5-3-2-4-6-13/h2-10H,11H2,1H3. The van der Waals surface area contributed by atoms with Crippen molar-refractivity contribution in [1.82, 2.24) is 0 Å². The maximum absolute atomic E-state index is 12.3. The monoisotopic (exact) mass is 262 g/mol. The summed E-state index contributed by atoms with van der Waals surface area (Å²) in [5, 5.41) is 0. The molecule has 0 spiro atoms. The molecule has 4 heteroatoms. The Morgan fingerprint density at radius 1 is 0.889 bits per heavy atom. The molecule has 0 amide bonds. The highest BCUT2D eigenvalue weighted by Crippen LogP contribution is 2.20. The van der Waals surface area contributed by atoms with E-state index >= 15 is 0 Å². The number of benzene rings is 2. The fourth-order valence-corrected chi connectivity index (χ4v) is 2.95. The predicted octanol–water partition coefficient (Wildman–Crippen LogP) is 2.67. The third-order valence-corrected chi connectivity index (χ3v) is 4.38. The van der Waals surface area contributed by atoms with Crippen molar-refractivity contribution < 1.29 is 13.2 Å². The highest BCUT2D eigenvalue weighted by molar-refractivity contribution is 7.91. The van der Waals surface area contributed by atoms with E-state index in [-0.39, 0.29) is 0 Å². The molecule has 2 aromatic carbocycles. The van der Waals surface area contributed by atoms with E-state index in [1.807, 2.05) is 0 Å². The van der Waals surface area contributed by atoms with Crippen LogP contribution in [-0.4, -0.2) is 15.5 Å². The van der Waals surface area contributed by atoms with Crippen LogP contribution < -0.4 is 0 Å². The maximum atomic E-state index is 12.3. The molecule has 0 heterocycles. The highest BCUT2D eigenvalue weighted by Gasteiger charge is 2.16. The molecule has 94 valence electrons. The van der Waals surface area contributed by atoms with Crippen molar-refractivity contribution in [1.29, 1.82) is 0 Å². The summed E-state index contributed by atoms with van der Waals surface area (Å²) < 4.78 is 29.5. The maximum Gasteiger partial charge on any atom is 0.206 e. The van der Waals surface area contributed by atoms with Crippen LogP contribution in [0.4, 0.5) is 0 Å². The zero-order valence-corrected chi connectivity index (χ0v) is 10.9. The molecule has 0 bridgehead atoms. The molecule has 18 heavy (non-hydrogen) atoms. The summed E-state index contributed by atoms with van der Waals surface area (Å²) in [7, 11) is -1.81. The molecular formula is C14H14O3S. The first-order chi connectivity index (χ1) is 8.64. The fraction of sp³-hybridized carbons (Fsp3) is 0.143. The Morgan fingerprint density at radius 3 is 2.00 bits per heavy atom. The Kier molecular flexibility index (Phi) is 3.79. The lowest BCUT2D eigenvalue weighted by molar-refractivity contribution is 0.185. The van der Waals surface area contributed by atoms with Gasteiger partial charge >= 0.3 is 0 Å². The Hall–Kier alpha value is -1.65. The van der Waals surface area contributed by atoms with Crippen molar-refractivity contribution in [2.45, 2.75) is 16.4 Å². The first-order valence-electron chi connectivity index (χ1n) is 5.52. The van der Waals surface area contributed by atoms with Crippen LogP contribution >= 0.6 is 0 Å². The molecule has 0 saturated heterocycles. The molecule has 0 aromatic heterocycles. The minimum absolute atomic E-state index is 0.300. The first kappa shape index (κ1) is 12.8. The normalized spacial score (nSPS) is 11.4. The summed E-state index contributed by atoms with van der Waals surface area (Å²) >= 11 is 0. The zero-order chi connectivity index (χ0) is 13.0. The summed E-state index contributed by atoms with van der Waals surface area (Å²) in [6.07, 6.45) is 0. The second kappa shape index (κ2) is 5.33. The highest BCUT2D eigenvalue weighted by atomic mass is 32.2. The van der Waals surface area contributed by atoms with Gasteiger partial charge in [0.25, 0.3) is 0 Å². The van der Waals surface area contributed by atoms with Crippen LogP contribution in [0.3, 0.4) is 0 Å². The minimum atomic E-state index is -3.41. The lowest BCUT2D eigenvalue weighted by Crippen LogP contribution is -2.01. The molecule has 0 aliphatic heterocycles. The van der Waals surface area contributed by atoms with Crippen LogP contribution in [0.15, 0.2) is 64.4 Å². The van der Waals surface area contributed by atoms with Gasteiger partial charge in [-0.2, -0.15) is 0 Å². The van der Waals surface area contributed by atoms with Gasteiger partial charge in [-0.1, -0.05) is 30.3 Å². The molecule has 0 aliphatic rings. The Balaban J connectivity index is 2.36. The fourth-order valence-electron chi connectivity index (χ4n) is 1.67. The molecule has 0 radical (unpaired) electrons. The lowest BCUT2D eigenvalue weighted by atomic mass is 10.2. The van der Waals surface area contributed by atoms with Gasteiger partial charge in [0.1, 0.15) is 0 Å². The van der Waals surface area contributed by atoms with Crippen molar-refractivity contribution in [3.05, 3.63) is 60.2 Å². The van der Waals surface area contributed by atoms with E-state index < -0.39 is 9.84 Å². The van der Waals surface area contributed by atoms with Crippen LogP contribution in [0.5, 0.6) is 0 Å². The van der Waals surface area contributed by atoms with Gasteiger partial charge < -0.3 is 4.74 Å². The quantitative estimate of drug-likeness (QED) is 0.850. The molecule has 0 N–H and O–H groups in total. The van der Waals surface area contributed by atoms with Gasteiger partial charge in [-0.3, -0.25) is 0 Å². The van der Waals surface area contributed by atoms with E-state index in [0.717, 1.165) is 5.56 Å². The third kappa shape index (κ3) is 2.60. The number of sulfone groups is 1. The second-order valence-electron chi connectivity index (χ2n) is 3.89. The van der Waals surface area contributed by atoms with Gasteiger partial charge in [0, 0.05) is 7.11 Å². The second-order valence-corrected chi connectivity index (χ2v) is 5.84. The summed E-state index contributed by atoms with van der Waals surface area (Å²) in [5.74, 6) is 0. The molecule has 3 nitrogen and oxygen atoms in total. The number of methoxy groups -OCH3 is 1. The molecule has 2 aromatic rings. The van der Waals surface area contributed by atoms with E-state index in [9.17, 15) is 8.42 Å². The van der Waals surface area contributed by atoms with Gasteiger partial charge in [0.2, 0.25) is 9.84 Å². The average molecular weight is 262 g/mol. The van der Waals surface area contributed by atoms with E-state index in [1.165, 1.54) is 0 Å². The van der Waals surface area contributed by atoms with E-state index in [2.05, 4.69) is 0 Å². The molecule has 0 unspecified atom stereocenters. The van der Waals surface area contributed by atoms with Crippen molar-refractivity contribution in [2.75, 3.05) is 7.11 Å². The Bertz CT molecular complexity index is 601. The summed E-state index contributed by atoms with van der Waals surface area (Å²) in [6, 6.07) is 15.2. The Labute approximate surface area is 107 Å². The molecule has 0 atom stereocenters. The number of hydrogen-bond donors (Lipinski definition) is 0. The topological polar surface area (TPSA) is 43.4 Å². The van der Waals surface area contributed by atoms with Crippen molar-refractivity contribution in [2.24, 2.45) is 0 Å². The third-order valence-electron chi connectivity index (χ3n) is 2.60. The molecule has 0 saturated carbocycles. The van der Waals surface area contributed by atoms with E-state index in [0.29, 0.717) is 16.4 Å². The lowest BCUT2D eigenvalue weighted by Gasteiger charge is -2.05. The molecule has 0 fully saturated rings. The molecule has 2 rings (SSSR count). The number of rotatable bonds is 4. The number of hydrogen-bond acceptors (Lipinski definition) is 3. The van der Waals surface area contributed by atoms with Crippen molar-refractivity contribution >= 4 is 9.84 Å². The van der Waals surface area contributed by atoms with Gasteiger partial charge in [-0.15, -0.1) is 0 Å². The summed E-state index contributed by atoms with van der Waals surface area (Å²) in [6.45, 7) is 0.478. The van der Waals surface area contributed by atoms with Gasteiger partial charge in [0.15, 0.2) is 0 Å². The van der Waals surface area contributed by atoms with Crippen LogP contribution in [0.1, 0.15) is 5.56 Å². The van der Waals surface area contributed by atoms with Crippen LogP contribution in [0.25, 0.3) is 0 Å². The van der Waals surface area contributed by atoms with Crippen molar-refractivity contribution in [3.63, 3.8) is 0 Å². The minimum Gasteiger partial charge on any atom is -0.380 e. The smallest absolute Gasteiger partial charge is 0.206 e. The predicted molar refractivity (Wildman–Crippen MR) is 69.0 cm³/mol. The molecule has 0 aliphatic carbocycles. The van der Waals surface area contributed by atoms with Gasteiger partial charge in [-0.05, 0) is 29.8 Å². The zero-order valence-electron chi connectivity index (χ0n) is 10.0. The SMILES string of the molecule is COCc1ccc(S(=O)(=O)c2ccccc2)cc1. The van der Waals surface area contributed by atoms with Crippen molar-refractivity contribution in [3.8, 4) is 0 Å². The van der Waals surface area contributed by atoms with Crippen LogP contribution in [-0.2, 0) is 21.2 Å². The van der Waals surface area contributed by atoms with E-state index in [1.54, 1.807) is 61.7 Å². The molecular weight excluding hydrogens is 248 g/mol. The van der Waals surface area contributed by atoms with E-state index in [4.69, 9.17) is 4.74 Å². The largest absolute Gasteiger partial charge is 0.380 e. The van der Waals surface area contributed by atoms with Gasteiger partial charge in [-0.25, -0.2) is 8.42 Å². The summed E-state index contributed by atoms with van der Waals surface area (Å²) in [4.78, 5) is 0.609.